The van der Waals surface area contributed by atoms with Crippen LogP contribution in [0.2, 0.25) is 0 Å². The zero-order chi connectivity index (χ0) is 2.00. The first-order chi connectivity index (χ1) is 1.00. The fraction of sp³-hybridized carbons (Fsp3) is 0. The molecule has 0 saturated heterocycles. The molecule has 1 nitrogen and oxygen atoms in total. The van der Waals surface area contributed by atoms with Gasteiger partial charge in [-0.15, -0.1) is 0 Å². The van der Waals surface area contributed by atoms with E-state index in [-0.39, 0.29) is 71.8 Å². The van der Waals surface area contributed by atoms with Gasteiger partial charge in [-0.2, -0.15) is 0 Å². The molecule has 0 heterocycles. The third-order valence-electron chi connectivity index (χ3n) is 0. The minimum Gasteiger partial charge on any atom is 0 e. The van der Waals surface area contributed by atoms with Gasteiger partial charge in [-0.3, -0.25) is 0 Å². The van der Waals surface area contributed by atoms with Crippen molar-refractivity contribution in [3.8, 4) is 0 Å². The van der Waals surface area contributed by atoms with Gasteiger partial charge in [0.1, 0.15) is 0 Å². The van der Waals surface area contributed by atoms with Crippen molar-refractivity contribution in [3.05, 3.63) is 0 Å². The van der Waals surface area contributed by atoms with Crippen molar-refractivity contribution in [1.29, 1.82) is 0 Å². The van der Waals surface area contributed by atoms with Gasteiger partial charge < -0.3 is 0 Å². The van der Waals surface area contributed by atoms with Crippen LogP contribution in [-0.4, -0.2) is 40.4 Å². The molecule has 0 aromatic rings. The molecule has 0 aliphatic heterocycles. The molecule has 5 heteroatoms. The standard InChI is InChI=1S/GeO.Sn.Ti.Zr/c1-2;;;. The normalized spacial score (nSPS) is 0.800. The molecule has 6 radical (unpaired) electrons. The van der Waals surface area contributed by atoms with Crippen LogP contribution in [-0.2, 0) is 51.7 Å². The quantitative estimate of drug-likeness (QED) is 0.521. The Labute approximate surface area is 90.4 Å². The van der Waals surface area contributed by atoms with E-state index in [9.17, 15) is 0 Å². The van der Waals surface area contributed by atoms with Crippen LogP contribution in [0.3, 0.4) is 0 Å². The van der Waals surface area contributed by atoms with Crippen molar-refractivity contribution in [1.82, 2.24) is 0 Å². The predicted molar refractivity (Wildman–Crippen MR) is 12.2 cm³/mol. The van der Waals surface area contributed by atoms with E-state index in [1.165, 1.54) is 0 Å². The Morgan fingerprint density at radius 3 is 1.20 bits per heavy atom. The summed E-state index contributed by atoms with van der Waals surface area (Å²) in [6.07, 6.45) is 0. The van der Waals surface area contributed by atoms with Gasteiger partial charge in [-0.05, 0) is 0 Å². The average molecular weight is 346 g/mol. The molecule has 0 N–H and O–H groups in total. The predicted octanol–water partition coefficient (Wildman–Crippen LogP) is -0.885. The zero-order valence-corrected chi connectivity index (χ0v) is 11.4. The maximum absolute atomic E-state index is 8.25. The third-order valence-corrected chi connectivity index (χ3v) is 0. The SMILES string of the molecule is [O]=[Ge].[Sn].[Ti].[Zr]. The maximum atomic E-state index is 8.25. The molecule has 0 fully saturated rings. The fourth-order valence-electron chi connectivity index (χ4n) is 0. The van der Waals surface area contributed by atoms with Gasteiger partial charge in [-0.1, -0.05) is 0 Å². The summed E-state index contributed by atoms with van der Waals surface area (Å²) in [4.78, 5) is 0. The molecule has 0 rings (SSSR count). The van der Waals surface area contributed by atoms with E-state index in [1.54, 1.807) is 0 Å². The Morgan fingerprint density at radius 2 is 1.20 bits per heavy atom. The molecule has 0 aromatic heterocycles. The first-order valence-electron chi connectivity index (χ1n) is 0.204. The summed E-state index contributed by atoms with van der Waals surface area (Å²) < 4.78 is 8.25. The molecule has 22 valence electrons. The van der Waals surface area contributed by atoms with Crippen LogP contribution in [0.1, 0.15) is 0 Å². The summed E-state index contributed by atoms with van der Waals surface area (Å²) in [5.41, 5.74) is 0. The monoisotopic (exact) mass is 348 g/mol. The van der Waals surface area contributed by atoms with E-state index in [0.29, 0.717) is 0 Å². The summed E-state index contributed by atoms with van der Waals surface area (Å²) in [6.45, 7) is 0. The second-order valence-electron chi connectivity index (χ2n) is 0. The summed E-state index contributed by atoms with van der Waals surface area (Å²) >= 11 is 0.750. The van der Waals surface area contributed by atoms with E-state index in [4.69, 9.17) is 3.78 Å². The third kappa shape index (κ3) is 20.2. The van der Waals surface area contributed by atoms with Crippen LogP contribution in [0.25, 0.3) is 0 Å². The van der Waals surface area contributed by atoms with Crippen LogP contribution in [0.5, 0.6) is 0 Å². The van der Waals surface area contributed by atoms with Gasteiger partial charge in [0, 0.05) is 71.8 Å². The fourth-order valence-corrected chi connectivity index (χ4v) is 0. The van der Waals surface area contributed by atoms with Crippen molar-refractivity contribution in [2.75, 3.05) is 0 Å². The molecule has 0 amide bonds. The van der Waals surface area contributed by atoms with Crippen molar-refractivity contribution >= 4 is 40.4 Å². The van der Waals surface area contributed by atoms with Gasteiger partial charge in [-0.25, -0.2) is 0 Å². The van der Waals surface area contributed by atoms with Gasteiger partial charge in [0.2, 0.25) is 0 Å². The summed E-state index contributed by atoms with van der Waals surface area (Å²) in [6, 6.07) is 0. The molecule has 0 bridgehead atoms. The molecule has 0 aliphatic rings. The molecular weight excluding hydrogens is 346 g/mol. The molecule has 0 aromatic carbocycles. The van der Waals surface area contributed by atoms with Crippen LogP contribution >= 0.6 is 0 Å². The van der Waals surface area contributed by atoms with E-state index in [1.807, 2.05) is 0 Å². The van der Waals surface area contributed by atoms with Gasteiger partial charge in [0.15, 0.2) is 0 Å². The van der Waals surface area contributed by atoms with E-state index in [0.717, 1.165) is 16.5 Å². The largest absolute Gasteiger partial charge is 0 e. The van der Waals surface area contributed by atoms with Crippen molar-refractivity contribution < 1.29 is 51.7 Å². The van der Waals surface area contributed by atoms with Gasteiger partial charge in [0.25, 0.3) is 0 Å². The van der Waals surface area contributed by atoms with Crippen molar-refractivity contribution in [3.63, 3.8) is 0 Å². The Hall–Kier alpha value is 2.74. The minimum atomic E-state index is 0. The molecule has 0 unspecified atom stereocenters. The molecule has 0 aliphatic carbocycles. The number of hydrogen-bond acceptors (Lipinski definition) is 1. The van der Waals surface area contributed by atoms with Crippen molar-refractivity contribution in [2.24, 2.45) is 0 Å². The van der Waals surface area contributed by atoms with Crippen LogP contribution in [0.15, 0.2) is 0 Å². The zero-order valence-electron chi connectivity index (χ0n) is 2.41. The van der Waals surface area contributed by atoms with Crippen LogP contribution in [0, 0.1) is 0 Å². The summed E-state index contributed by atoms with van der Waals surface area (Å²) in [5, 5.41) is 0. The summed E-state index contributed by atoms with van der Waals surface area (Å²) in [5.74, 6) is 0. The average Bonchev–Trinajstić information content (AvgIpc) is 1.00. The topological polar surface area (TPSA) is 17.1 Å². The van der Waals surface area contributed by atoms with Crippen LogP contribution in [0.4, 0.5) is 0 Å². The Morgan fingerprint density at radius 1 is 1.20 bits per heavy atom. The Kier molecular flexibility index (Phi) is 149. The minimum absolute atomic E-state index is 0. The first kappa shape index (κ1) is 25.1. The van der Waals surface area contributed by atoms with E-state index >= 15 is 0 Å². The van der Waals surface area contributed by atoms with Gasteiger partial charge >= 0.3 is 20.2 Å². The molecule has 0 spiro atoms. The van der Waals surface area contributed by atoms with E-state index < -0.39 is 0 Å². The smallest absolute Gasteiger partial charge is 0 e. The second kappa shape index (κ2) is 29.6. The molecule has 0 saturated carbocycles. The van der Waals surface area contributed by atoms with E-state index in [2.05, 4.69) is 0 Å². The molecular formula is GeOSnTiZr. The molecule has 5 heavy (non-hydrogen) atoms. The van der Waals surface area contributed by atoms with Crippen LogP contribution < -0.4 is 0 Å². The van der Waals surface area contributed by atoms with Crippen molar-refractivity contribution in [2.45, 2.75) is 0 Å². The van der Waals surface area contributed by atoms with Gasteiger partial charge in [0.05, 0.1) is 0 Å². The second-order valence-corrected chi connectivity index (χ2v) is 0. The maximum Gasteiger partial charge on any atom is 0 e. The first-order valence-corrected chi connectivity index (χ1v) is 1.06. The number of rotatable bonds is 0. The Bertz CT molecular complexity index is 11.6. The Balaban J connectivity index is -0.00000000167. The summed E-state index contributed by atoms with van der Waals surface area (Å²) in [7, 11) is 0. The molecule has 0 atom stereocenters. The number of hydrogen-bond donors (Lipinski definition) is 0.